The third kappa shape index (κ3) is 5.72. The molecule has 0 saturated heterocycles. The second-order valence-corrected chi connectivity index (χ2v) is 2.53. The minimum absolute atomic E-state index is 0.436. The average Bonchev–Trinajstić information content (AvgIpc) is 1.21. The topological polar surface area (TPSA) is 57.5 Å². The van der Waals surface area contributed by atoms with Crippen molar-refractivity contribution in [3.63, 3.8) is 0 Å². The van der Waals surface area contributed by atoms with Gasteiger partial charge in [0.2, 0.25) is 0 Å². The second kappa shape index (κ2) is 2.33. The number of halogens is 1. The zero-order chi connectivity index (χ0) is 6.78. The van der Waals surface area contributed by atoms with Crippen LogP contribution in [-0.2, 0) is 4.79 Å². The average molecular weight is 139 g/mol. The number of carboxylic acid groups (broad SMARTS) is 1. The van der Waals surface area contributed by atoms with Gasteiger partial charge in [-0.25, -0.2) is 0 Å². The molecule has 0 aromatic carbocycles. The molecule has 1 unspecified atom stereocenters. The molecule has 8 heavy (non-hydrogen) atoms. The van der Waals surface area contributed by atoms with Crippen LogP contribution in [-0.4, -0.2) is 21.2 Å². The molecule has 3 nitrogen and oxygen atoms in total. The van der Waals surface area contributed by atoms with Crippen LogP contribution in [0.4, 0.5) is 0 Å². The molecule has 4 heteroatoms. The summed E-state index contributed by atoms with van der Waals surface area (Å²) < 4.78 is 0. The van der Waals surface area contributed by atoms with Gasteiger partial charge in [0.25, 0.3) is 0 Å². The molecule has 0 rings (SSSR count). The lowest BCUT2D eigenvalue weighted by Crippen LogP contribution is -2.19. The highest BCUT2D eigenvalue weighted by Crippen LogP contribution is 2.12. The van der Waals surface area contributed by atoms with Gasteiger partial charge >= 0.3 is 5.97 Å². The monoisotopic (exact) mass is 138 g/mol. The molecule has 0 aliphatic heterocycles. The molecule has 0 fully saturated rings. The first-order valence-electron chi connectivity index (χ1n) is 2.05. The van der Waals surface area contributed by atoms with E-state index in [0.29, 0.717) is 0 Å². The molecule has 0 bridgehead atoms. The Morgan fingerprint density at radius 3 is 2.25 bits per heavy atom. The molecule has 0 aromatic rings. The van der Waals surface area contributed by atoms with Crippen LogP contribution in [0.3, 0.4) is 0 Å². The Kier molecular flexibility index (Phi) is 2.25. The van der Waals surface area contributed by atoms with Gasteiger partial charge in [0.15, 0.2) is 0 Å². The van der Waals surface area contributed by atoms with Crippen LogP contribution in [0.1, 0.15) is 13.3 Å². The van der Waals surface area contributed by atoms with Crippen LogP contribution in [0.15, 0.2) is 0 Å². The van der Waals surface area contributed by atoms with E-state index in [1.807, 2.05) is 0 Å². The summed E-state index contributed by atoms with van der Waals surface area (Å²) in [6.07, 6.45) is -0.436. The summed E-state index contributed by atoms with van der Waals surface area (Å²) in [5, 5.41) is 15.0. The molecule has 0 aromatic heterocycles. The van der Waals surface area contributed by atoms with E-state index in [9.17, 15) is 4.79 Å². The largest absolute Gasteiger partial charge is 0.481 e. The van der Waals surface area contributed by atoms with Crippen molar-refractivity contribution in [1.29, 1.82) is 0 Å². The highest BCUT2D eigenvalue weighted by atomic mass is 35.5. The molecule has 0 amide bonds. The van der Waals surface area contributed by atoms with Gasteiger partial charge in [-0.1, -0.05) is 11.6 Å². The van der Waals surface area contributed by atoms with E-state index in [1.54, 1.807) is 0 Å². The molecule has 1 atom stereocenters. The third-order valence-electron chi connectivity index (χ3n) is 0.474. The Morgan fingerprint density at radius 2 is 2.25 bits per heavy atom. The molecule has 2 N–H and O–H groups in total. The second-order valence-electron chi connectivity index (χ2n) is 1.71. The minimum atomic E-state index is -1.61. The summed E-state index contributed by atoms with van der Waals surface area (Å²) in [7, 11) is 0. The van der Waals surface area contributed by atoms with Gasteiger partial charge in [-0.3, -0.25) is 4.79 Å². The summed E-state index contributed by atoms with van der Waals surface area (Å²) in [5.74, 6) is -1.11. The summed E-state index contributed by atoms with van der Waals surface area (Å²) in [6, 6.07) is 0. The molecule has 0 heterocycles. The first-order valence-corrected chi connectivity index (χ1v) is 2.43. The van der Waals surface area contributed by atoms with E-state index in [1.165, 1.54) is 6.92 Å². The van der Waals surface area contributed by atoms with Crippen molar-refractivity contribution in [3.8, 4) is 0 Å². The van der Waals surface area contributed by atoms with Crippen LogP contribution in [0.25, 0.3) is 0 Å². The molecule has 48 valence electrons. The Morgan fingerprint density at radius 1 is 1.88 bits per heavy atom. The van der Waals surface area contributed by atoms with Crippen molar-refractivity contribution in [3.05, 3.63) is 0 Å². The van der Waals surface area contributed by atoms with Gasteiger partial charge in [-0.15, -0.1) is 0 Å². The maximum atomic E-state index is 9.77. The van der Waals surface area contributed by atoms with E-state index in [-0.39, 0.29) is 0 Å². The van der Waals surface area contributed by atoms with Crippen LogP contribution in [0, 0.1) is 0 Å². The van der Waals surface area contributed by atoms with E-state index in [2.05, 4.69) is 0 Å². The number of rotatable bonds is 2. The fraction of sp³-hybridized carbons (Fsp3) is 0.750. The maximum Gasteiger partial charge on any atom is 0.307 e. The van der Waals surface area contributed by atoms with Gasteiger partial charge in [-0.2, -0.15) is 0 Å². The van der Waals surface area contributed by atoms with Gasteiger partial charge in [0.1, 0.15) is 5.06 Å². The first-order chi connectivity index (χ1) is 3.42. The van der Waals surface area contributed by atoms with E-state index in [4.69, 9.17) is 21.8 Å². The number of carbonyl (C=O) groups is 1. The third-order valence-corrected chi connectivity index (χ3v) is 0.608. The van der Waals surface area contributed by atoms with Crippen LogP contribution < -0.4 is 0 Å². The molecule has 0 spiro atoms. The van der Waals surface area contributed by atoms with Crippen molar-refractivity contribution < 1.29 is 15.0 Å². The number of alkyl halides is 1. The zero-order valence-corrected chi connectivity index (χ0v) is 5.14. The lowest BCUT2D eigenvalue weighted by atomic mass is 10.3. The van der Waals surface area contributed by atoms with Crippen LogP contribution >= 0.6 is 11.6 Å². The van der Waals surface area contributed by atoms with Crippen LogP contribution in [0.2, 0.25) is 0 Å². The lowest BCUT2D eigenvalue weighted by molar-refractivity contribution is -0.139. The fourth-order valence-electron chi connectivity index (χ4n) is 0.276. The van der Waals surface area contributed by atoms with E-state index in [0.717, 1.165) is 0 Å². The Balaban J connectivity index is 3.55. The lowest BCUT2D eigenvalue weighted by Gasteiger charge is -2.08. The standard InChI is InChI=1S/C4H7ClO3/c1-4(5,8)2-3(6)7/h8H,2H2,1H3,(H,6,7). The predicted molar refractivity (Wildman–Crippen MR) is 28.7 cm³/mol. The zero-order valence-electron chi connectivity index (χ0n) is 4.39. The van der Waals surface area contributed by atoms with Gasteiger partial charge < -0.3 is 10.2 Å². The number of aliphatic hydroxyl groups is 1. The van der Waals surface area contributed by atoms with Crippen molar-refractivity contribution >= 4 is 17.6 Å². The van der Waals surface area contributed by atoms with Crippen molar-refractivity contribution in [2.75, 3.05) is 0 Å². The number of hydrogen-bond acceptors (Lipinski definition) is 2. The highest BCUT2D eigenvalue weighted by molar-refractivity contribution is 6.23. The summed E-state index contributed by atoms with van der Waals surface area (Å²) in [5.41, 5.74) is 0. The minimum Gasteiger partial charge on any atom is -0.481 e. The Hall–Kier alpha value is -0.280. The van der Waals surface area contributed by atoms with E-state index < -0.39 is 17.5 Å². The van der Waals surface area contributed by atoms with Gasteiger partial charge in [0.05, 0.1) is 6.42 Å². The van der Waals surface area contributed by atoms with Crippen molar-refractivity contribution in [2.24, 2.45) is 0 Å². The quantitative estimate of drug-likeness (QED) is 0.544. The van der Waals surface area contributed by atoms with Crippen LogP contribution in [0.5, 0.6) is 0 Å². The highest BCUT2D eigenvalue weighted by Gasteiger charge is 2.19. The smallest absolute Gasteiger partial charge is 0.307 e. The number of carboxylic acids is 1. The van der Waals surface area contributed by atoms with Crippen molar-refractivity contribution in [1.82, 2.24) is 0 Å². The number of hydrogen-bond donors (Lipinski definition) is 2. The molecule has 0 aliphatic rings. The predicted octanol–water partition coefficient (Wildman–Crippen LogP) is 0.408. The number of aliphatic carboxylic acids is 1. The SMILES string of the molecule is CC(O)(Cl)CC(=O)O. The normalized spacial score (nSPS) is 17.4. The molecular weight excluding hydrogens is 131 g/mol. The maximum absolute atomic E-state index is 9.77. The summed E-state index contributed by atoms with van der Waals surface area (Å²) >= 11 is 5.10. The van der Waals surface area contributed by atoms with Crippen molar-refractivity contribution in [2.45, 2.75) is 18.4 Å². The molecule has 0 aliphatic carbocycles. The first kappa shape index (κ1) is 7.72. The van der Waals surface area contributed by atoms with Gasteiger partial charge in [0, 0.05) is 0 Å². The molecule has 0 radical (unpaired) electrons. The van der Waals surface area contributed by atoms with E-state index >= 15 is 0 Å². The summed E-state index contributed by atoms with van der Waals surface area (Å²) in [4.78, 5) is 9.77. The van der Waals surface area contributed by atoms with Gasteiger partial charge in [-0.05, 0) is 6.92 Å². The Bertz CT molecular complexity index is 93.9. The summed E-state index contributed by atoms with van der Waals surface area (Å²) in [6.45, 7) is 1.22. The fourth-order valence-corrected chi connectivity index (χ4v) is 0.390. The molecule has 0 saturated carbocycles. The Labute approximate surface area is 51.9 Å². The molecular formula is C4H7ClO3.